The van der Waals surface area contributed by atoms with Crippen molar-refractivity contribution in [3.63, 3.8) is 0 Å². The van der Waals surface area contributed by atoms with Gasteiger partial charge in [-0.2, -0.15) is 10.4 Å². The van der Waals surface area contributed by atoms with E-state index in [9.17, 15) is 10.4 Å². The molecule has 192 valence electrons. The number of aliphatic hydroxyl groups is 1. The normalized spacial score (nSPS) is 19.4. The Bertz CT molecular complexity index is 1230. The summed E-state index contributed by atoms with van der Waals surface area (Å²) in [6, 6.07) is 7.26. The van der Waals surface area contributed by atoms with Crippen molar-refractivity contribution in [1.82, 2.24) is 24.6 Å². The maximum absolute atomic E-state index is 9.60. The molecule has 2 aliphatic heterocycles. The van der Waals surface area contributed by atoms with Crippen molar-refractivity contribution in [2.75, 3.05) is 44.2 Å². The number of aliphatic hydroxyl groups excluding tert-OH is 1. The monoisotopic (exact) mass is 529 g/mol. The maximum Gasteiger partial charge on any atom is 0.190 e. The highest BCUT2D eigenvalue weighted by molar-refractivity contribution is 6.35. The summed E-state index contributed by atoms with van der Waals surface area (Å²) in [5.41, 5.74) is 2.16. The van der Waals surface area contributed by atoms with Gasteiger partial charge in [-0.3, -0.25) is 0 Å². The van der Waals surface area contributed by atoms with Crippen LogP contribution in [0.1, 0.15) is 50.9 Å². The summed E-state index contributed by atoms with van der Waals surface area (Å²) in [6.45, 7) is 11.0. The van der Waals surface area contributed by atoms with Crippen LogP contribution in [0.15, 0.2) is 24.4 Å². The Kier molecular flexibility index (Phi) is 8.68. The van der Waals surface area contributed by atoms with Crippen LogP contribution in [-0.2, 0) is 0 Å². The minimum absolute atomic E-state index is 0.219. The molecule has 2 unspecified atom stereocenters. The van der Waals surface area contributed by atoms with Crippen LogP contribution in [0.5, 0.6) is 0 Å². The highest BCUT2D eigenvalue weighted by atomic mass is 35.5. The maximum atomic E-state index is 9.60. The van der Waals surface area contributed by atoms with Crippen LogP contribution < -0.4 is 4.90 Å². The third-order valence-corrected chi connectivity index (χ3v) is 7.70. The quantitative estimate of drug-likeness (QED) is 0.490. The zero-order chi connectivity index (χ0) is 25.8. The molecule has 2 saturated heterocycles. The number of hydrogen-bond donors (Lipinski definition) is 1. The average Bonchev–Trinajstić information content (AvgIpc) is 3.23. The second-order valence-corrected chi connectivity index (χ2v) is 10.1. The van der Waals surface area contributed by atoms with Crippen molar-refractivity contribution >= 4 is 40.2 Å². The molecule has 0 saturated carbocycles. The van der Waals surface area contributed by atoms with Crippen LogP contribution in [0.3, 0.4) is 0 Å². The van der Waals surface area contributed by atoms with Crippen molar-refractivity contribution in [3.8, 4) is 6.07 Å². The van der Waals surface area contributed by atoms with E-state index >= 15 is 0 Å². The summed E-state index contributed by atoms with van der Waals surface area (Å²) in [6.07, 6.45) is 4.17. The molecular weight excluding hydrogens is 497 g/mol. The first kappa shape index (κ1) is 26.6. The van der Waals surface area contributed by atoms with Gasteiger partial charge in [0.15, 0.2) is 11.3 Å². The lowest BCUT2D eigenvalue weighted by molar-refractivity contribution is 0.101. The molecule has 2 aliphatic rings. The average molecular weight is 531 g/mol. The molecule has 2 atom stereocenters. The second-order valence-electron chi connectivity index (χ2n) is 9.24. The van der Waals surface area contributed by atoms with Gasteiger partial charge in [-0.05, 0) is 55.8 Å². The largest absolute Gasteiger partial charge is 0.395 e. The van der Waals surface area contributed by atoms with E-state index in [1.54, 1.807) is 23.0 Å². The number of benzene rings is 1. The smallest absolute Gasteiger partial charge is 0.190 e. The van der Waals surface area contributed by atoms with Crippen molar-refractivity contribution < 1.29 is 5.11 Å². The fraction of sp³-hybridized carbons (Fsp3) is 0.538. The van der Waals surface area contributed by atoms with E-state index in [4.69, 9.17) is 28.2 Å². The fourth-order valence-electron chi connectivity index (χ4n) is 5.19. The van der Waals surface area contributed by atoms with Gasteiger partial charge in [-0.15, -0.1) is 0 Å². The first-order chi connectivity index (χ1) is 17.5. The van der Waals surface area contributed by atoms with Gasteiger partial charge >= 0.3 is 0 Å². The van der Waals surface area contributed by atoms with Crippen LogP contribution in [0.4, 0.5) is 5.82 Å². The minimum atomic E-state index is -0.247. The molecule has 10 heteroatoms. The lowest BCUT2D eigenvalue weighted by Crippen LogP contribution is -2.54. The van der Waals surface area contributed by atoms with Gasteiger partial charge in [-0.1, -0.05) is 43.1 Å². The molecule has 0 aliphatic carbocycles. The Hall–Kier alpha value is -2.44. The summed E-state index contributed by atoms with van der Waals surface area (Å²) in [7, 11) is 0. The van der Waals surface area contributed by atoms with Crippen molar-refractivity contribution in [2.45, 2.75) is 39.7 Å². The first-order valence-electron chi connectivity index (χ1n) is 12.7. The summed E-state index contributed by atoms with van der Waals surface area (Å²) in [5, 5.41) is 24.5. The van der Waals surface area contributed by atoms with E-state index in [1.165, 1.54) is 12.8 Å². The molecule has 0 radical (unpaired) electrons. The number of halogens is 2. The predicted molar refractivity (Wildman–Crippen MR) is 144 cm³/mol. The SMILES string of the molecule is CC.CC(c1ccc(Cl)cc1Cl)n1nc(C#N)c2ncc(N3CC(C4CCCN(CCO)C4)C3)nc21. The number of hydrogen-bond acceptors (Lipinski definition) is 7. The first-order valence-corrected chi connectivity index (χ1v) is 13.4. The number of piperidine rings is 1. The number of β-amino-alcohol motifs (C(OH)–C–C–N with tert-alkyl or cyclic N) is 1. The standard InChI is InChI=1S/C24H27Cl2N7O.C2H6/c1-15(19-5-4-18(25)9-20(19)26)33-24-23(21(10-27)30-33)28-11-22(29-24)32-13-17(14-32)16-3-2-6-31(12-16)7-8-34;1-2/h4-5,9,11,15-17,34H,2-3,6-8,12-14H2,1H3;1-2H3. The summed E-state index contributed by atoms with van der Waals surface area (Å²) in [4.78, 5) is 14.1. The van der Waals surface area contributed by atoms with Crippen LogP contribution in [0.2, 0.25) is 10.0 Å². The lowest BCUT2D eigenvalue weighted by Gasteiger charge is -2.47. The number of fused-ring (bicyclic) bond motifs is 1. The Morgan fingerprint density at radius 3 is 2.67 bits per heavy atom. The van der Waals surface area contributed by atoms with Gasteiger partial charge in [0.05, 0.1) is 18.8 Å². The molecule has 2 aromatic heterocycles. The molecule has 1 N–H and O–H groups in total. The van der Waals surface area contributed by atoms with E-state index in [1.807, 2.05) is 26.8 Å². The predicted octanol–water partition coefficient (Wildman–Crippen LogP) is 4.78. The molecule has 1 aromatic carbocycles. The van der Waals surface area contributed by atoms with E-state index in [2.05, 4.69) is 26.0 Å². The molecule has 0 bridgehead atoms. The molecule has 36 heavy (non-hydrogen) atoms. The van der Waals surface area contributed by atoms with E-state index in [-0.39, 0.29) is 18.3 Å². The van der Waals surface area contributed by atoms with Gasteiger partial charge in [0.25, 0.3) is 0 Å². The van der Waals surface area contributed by atoms with Gasteiger partial charge in [0.1, 0.15) is 17.4 Å². The molecule has 2 fully saturated rings. The fourth-order valence-corrected chi connectivity index (χ4v) is 5.75. The highest BCUT2D eigenvalue weighted by Crippen LogP contribution is 2.35. The number of likely N-dealkylation sites (tertiary alicyclic amines) is 1. The number of rotatable bonds is 6. The Balaban J connectivity index is 0.00000148. The van der Waals surface area contributed by atoms with E-state index in [0.717, 1.165) is 44.1 Å². The third-order valence-electron chi connectivity index (χ3n) is 7.13. The Morgan fingerprint density at radius 2 is 1.97 bits per heavy atom. The minimum Gasteiger partial charge on any atom is -0.395 e. The molecular formula is C26H33Cl2N7O. The van der Waals surface area contributed by atoms with Crippen molar-refractivity contribution in [2.24, 2.45) is 11.8 Å². The molecule has 8 nitrogen and oxygen atoms in total. The zero-order valence-corrected chi connectivity index (χ0v) is 22.5. The number of nitrogens with zero attached hydrogens (tertiary/aromatic N) is 7. The van der Waals surface area contributed by atoms with Crippen molar-refractivity contribution in [3.05, 3.63) is 45.7 Å². The lowest BCUT2D eigenvalue weighted by atomic mass is 9.80. The molecule has 0 amide bonds. The number of nitriles is 1. The Labute approximate surface area is 222 Å². The molecule has 0 spiro atoms. The third kappa shape index (κ3) is 5.30. The van der Waals surface area contributed by atoms with Gasteiger partial charge < -0.3 is 14.9 Å². The molecule has 4 heterocycles. The second kappa shape index (κ2) is 11.7. The van der Waals surface area contributed by atoms with E-state index < -0.39 is 0 Å². The zero-order valence-electron chi connectivity index (χ0n) is 21.0. The van der Waals surface area contributed by atoms with Gasteiger partial charge in [-0.25, -0.2) is 14.6 Å². The van der Waals surface area contributed by atoms with E-state index in [0.29, 0.717) is 33.0 Å². The van der Waals surface area contributed by atoms with Crippen LogP contribution in [0, 0.1) is 23.2 Å². The topological polar surface area (TPSA) is 94.1 Å². The summed E-state index contributed by atoms with van der Waals surface area (Å²) >= 11 is 12.5. The van der Waals surface area contributed by atoms with Gasteiger partial charge in [0, 0.05) is 36.2 Å². The van der Waals surface area contributed by atoms with Crippen molar-refractivity contribution in [1.29, 1.82) is 5.26 Å². The highest BCUT2D eigenvalue weighted by Gasteiger charge is 2.36. The van der Waals surface area contributed by atoms with Gasteiger partial charge in [0.2, 0.25) is 0 Å². The Morgan fingerprint density at radius 1 is 1.19 bits per heavy atom. The summed E-state index contributed by atoms with van der Waals surface area (Å²) < 4.78 is 1.73. The molecule has 5 rings (SSSR count). The summed E-state index contributed by atoms with van der Waals surface area (Å²) in [5.74, 6) is 2.06. The number of aromatic nitrogens is 4. The number of anilines is 1. The van der Waals surface area contributed by atoms with Crippen LogP contribution in [0.25, 0.3) is 11.2 Å². The molecule has 3 aromatic rings. The van der Waals surface area contributed by atoms with Crippen LogP contribution >= 0.6 is 23.2 Å². The van der Waals surface area contributed by atoms with Crippen LogP contribution in [-0.4, -0.2) is 69.1 Å².